The van der Waals surface area contributed by atoms with Crippen molar-refractivity contribution in [2.45, 2.75) is 19.0 Å². The van der Waals surface area contributed by atoms with Gasteiger partial charge in [0.1, 0.15) is 30.5 Å². The Bertz CT molecular complexity index is 1280. The summed E-state index contributed by atoms with van der Waals surface area (Å²) < 4.78 is 30.2. The van der Waals surface area contributed by atoms with E-state index in [1.54, 1.807) is 52.6 Å². The summed E-state index contributed by atoms with van der Waals surface area (Å²) in [5, 5.41) is 2.00. The van der Waals surface area contributed by atoms with Gasteiger partial charge in [-0.3, -0.25) is 9.59 Å². The van der Waals surface area contributed by atoms with Crippen molar-refractivity contribution in [3.8, 4) is 5.75 Å². The van der Waals surface area contributed by atoms with Crippen molar-refractivity contribution in [1.82, 2.24) is 9.80 Å². The molecule has 5 rings (SSSR count). The Morgan fingerprint density at radius 2 is 1.97 bits per heavy atom. The van der Waals surface area contributed by atoms with Crippen molar-refractivity contribution in [3.63, 3.8) is 0 Å². The normalized spacial score (nSPS) is 15.0. The lowest BCUT2D eigenvalue weighted by Crippen LogP contribution is -2.47. The largest absolute Gasteiger partial charge is 0.491 e. The molecule has 0 N–H and O–H groups in total. The lowest BCUT2D eigenvalue weighted by atomic mass is 10.0. The lowest BCUT2D eigenvalue weighted by molar-refractivity contribution is -0.135. The van der Waals surface area contributed by atoms with Gasteiger partial charge in [-0.05, 0) is 59.8 Å². The molecule has 1 unspecified atom stereocenters. The number of benzene rings is 1. The zero-order chi connectivity index (χ0) is 24.2. The molecule has 7 nitrogen and oxygen atoms in total. The number of hydrogen-bond donors (Lipinski definition) is 0. The number of thiophene rings is 1. The zero-order valence-electron chi connectivity index (χ0n) is 18.8. The first kappa shape index (κ1) is 22.9. The molecule has 0 bridgehead atoms. The van der Waals surface area contributed by atoms with Gasteiger partial charge in [0.05, 0.1) is 25.1 Å². The molecular formula is C26H23FN2O5S. The molecule has 0 radical (unpaired) electrons. The molecule has 0 saturated heterocycles. The molecule has 9 heteroatoms. The molecule has 180 valence electrons. The Balaban J connectivity index is 1.36. The molecule has 35 heavy (non-hydrogen) atoms. The van der Waals surface area contributed by atoms with Crippen LogP contribution in [0.5, 0.6) is 5.75 Å². The molecule has 0 saturated carbocycles. The number of halogens is 1. The molecule has 1 aliphatic rings. The van der Waals surface area contributed by atoms with E-state index in [0.29, 0.717) is 18.1 Å². The van der Waals surface area contributed by atoms with Crippen molar-refractivity contribution < 1.29 is 27.6 Å². The van der Waals surface area contributed by atoms with Gasteiger partial charge in [0.25, 0.3) is 5.91 Å². The van der Waals surface area contributed by atoms with E-state index in [2.05, 4.69) is 0 Å². The average Bonchev–Trinajstić information content (AvgIpc) is 3.64. The highest BCUT2D eigenvalue weighted by Gasteiger charge is 2.34. The number of nitrogens with zero attached hydrogens (tertiary/aromatic N) is 2. The van der Waals surface area contributed by atoms with E-state index in [4.69, 9.17) is 13.6 Å². The molecular weight excluding hydrogens is 471 g/mol. The standard InChI is InChI=1S/C26H23FN2O5S/c27-18-4-1-5-19(14-18)34-17-22-21-9-13-35-24(21)8-10-29(22)25(30)16-28(15-20-6-2-11-32-20)26(31)23-7-3-12-33-23/h1-7,9,11-14,22H,8,10,15-17H2. The second-order valence-corrected chi connectivity index (χ2v) is 9.14. The summed E-state index contributed by atoms with van der Waals surface area (Å²) in [5.41, 5.74) is 1.01. The van der Waals surface area contributed by atoms with E-state index in [9.17, 15) is 14.0 Å². The summed E-state index contributed by atoms with van der Waals surface area (Å²) in [4.78, 5) is 31.0. The topological polar surface area (TPSA) is 76.1 Å². The minimum Gasteiger partial charge on any atom is -0.491 e. The van der Waals surface area contributed by atoms with E-state index in [1.165, 1.54) is 34.4 Å². The third-order valence-corrected chi connectivity index (χ3v) is 6.89. The van der Waals surface area contributed by atoms with Gasteiger partial charge in [0, 0.05) is 17.5 Å². The van der Waals surface area contributed by atoms with Crippen molar-refractivity contribution in [1.29, 1.82) is 0 Å². The molecule has 1 aromatic carbocycles. The van der Waals surface area contributed by atoms with Crippen LogP contribution < -0.4 is 4.74 Å². The van der Waals surface area contributed by atoms with Crippen molar-refractivity contribution >= 4 is 23.2 Å². The number of carbonyl (C=O) groups is 2. The highest BCUT2D eigenvalue weighted by Crippen LogP contribution is 2.34. The fourth-order valence-corrected chi connectivity index (χ4v) is 5.14. The van der Waals surface area contributed by atoms with E-state index >= 15 is 0 Å². The SMILES string of the molecule is O=C(c1ccco1)N(CC(=O)N1CCc2sccc2C1COc1cccc(F)c1)Cc1ccco1. The molecule has 3 aromatic heterocycles. The van der Waals surface area contributed by atoms with Crippen molar-refractivity contribution in [2.24, 2.45) is 0 Å². The number of furan rings is 2. The second kappa shape index (κ2) is 10.2. The molecule has 0 fully saturated rings. The lowest BCUT2D eigenvalue weighted by Gasteiger charge is -2.37. The van der Waals surface area contributed by atoms with Gasteiger partial charge in [0.2, 0.25) is 5.91 Å². The molecule has 0 aliphatic carbocycles. The van der Waals surface area contributed by atoms with Crippen LogP contribution in [-0.2, 0) is 17.8 Å². The van der Waals surface area contributed by atoms with Crippen LogP contribution in [0.1, 0.15) is 32.8 Å². The molecule has 1 aliphatic heterocycles. The zero-order valence-corrected chi connectivity index (χ0v) is 19.6. The fourth-order valence-electron chi connectivity index (χ4n) is 4.21. The van der Waals surface area contributed by atoms with Crippen LogP contribution >= 0.6 is 11.3 Å². The summed E-state index contributed by atoms with van der Waals surface area (Å²) in [6.07, 6.45) is 3.66. The number of amides is 2. The van der Waals surface area contributed by atoms with Gasteiger partial charge in [-0.2, -0.15) is 0 Å². The third-order valence-electron chi connectivity index (χ3n) is 5.89. The molecule has 4 aromatic rings. The number of carbonyl (C=O) groups excluding carboxylic acids is 2. The van der Waals surface area contributed by atoms with Gasteiger partial charge >= 0.3 is 0 Å². The Labute approximate surface area is 205 Å². The fraction of sp³-hybridized carbons (Fsp3) is 0.231. The predicted octanol–water partition coefficient (Wildman–Crippen LogP) is 4.92. The van der Waals surface area contributed by atoms with Crippen LogP contribution in [0.15, 0.2) is 81.3 Å². The maximum atomic E-state index is 13.6. The highest BCUT2D eigenvalue weighted by atomic mass is 32.1. The summed E-state index contributed by atoms with van der Waals surface area (Å²) in [6, 6.07) is 14.2. The van der Waals surface area contributed by atoms with E-state index < -0.39 is 5.91 Å². The average molecular weight is 495 g/mol. The quantitative estimate of drug-likeness (QED) is 0.348. The molecule has 4 heterocycles. The van der Waals surface area contributed by atoms with E-state index in [-0.39, 0.29) is 43.2 Å². The minimum absolute atomic E-state index is 0.125. The molecule has 2 amide bonds. The summed E-state index contributed by atoms with van der Waals surface area (Å²) in [7, 11) is 0. The van der Waals surface area contributed by atoms with Gasteiger partial charge in [-0.25, -0.2) is 4.39 Å². The maximum absolute atomic E-state index is 13.6. The second-order valence-electron chi connectivity index (χ2n) is 8.14. The van der Waals surface area contributed by atoms with Crippen LogP contribution in [0.4, 0.5) is 4.39 Å². The Kier molecular flexibility index (Phi) is 6.67. The first-order valence-electron chi connectivity index (χ1n) is 11.2. The van der Waals surface area contributed by atoms with Gasteiger partial charge < -0.3 is 23.4 Å². The van der Waals surface area contributed by atoms with Crippen LogP contribution in [0.3, 0.4) is 0 Å². The van der Waals surface area contributed by atoms with Crippen LogP contribution in [0.2, 0.25) is 0 Å². The predicted molar refractivity (Wildman–Crippen MR) is 127 cm³/mol. The smallest absolute Gasteiger partial charge is 0.290 e. The Hall–Kier alpha value is -3.85. The molecule has 0 spiro atoms. The van der Waals surface area contributed by atoms with E-state index in [1.807, 2.05) is 11.4 Å². The van der Waals surface area contributed by atoms with Crippen molar-refractivity contribution in [3.05, 3.63) is 100 Å². The number of fused-ring (bicyclic) bond motifs is 1. The summed E-state index contributed by atoms with van der Waals surface area (Å²) in [5.74, 6) is 0.0887. The highest BCUT2D eigenvalue weighted by molar-refractivity contribution is 7.10. The van der Waals surface area contributed by atoms with E-state index in [0.717, 1.165) is 12.0 Å². The minimum atomic E-state index is -0.402. The Morgan fingerprint density at radius 3 is 2.74 bits per heavy atom. The van der Waals surface area contributed by atoms with Gasteiger partial charge in [-0.15, -0.1) is 11.3 Å². The number of rotatable bonds is 8. The first-order valence-corrected chi connectivity index (χ1v) is 12.1. The monoisotopic (exact) mass is 494 g/mol. The van der Waals surface area contributed by atoms with Crippen LogP contribution in [0, 0.1) is 5.82 Å². The number of hydrogen-bond acceptors (Lipinski definition) is 6. The summed E-state index contributed by atoms with van der Waals surface area (Å²) >= 11 is 1.64. The third kappa shape index (κ3) is 5.14. The Morgan fingerprint density at radius 1 is 1.11 bits per heavy atom. The molecule has 1 atom stereocenters. The van der Waals surface area contributed by atoms with Gasteiger partial charge in [-0.1, -0.05) is 6.07 Å². The van der Waals surface area contributed by atoms with Crippen LogP contribution in [0.25, 0.3) is 0 Å². The summed E-state index contributed by atoms with van der Waals surface area (Å²) in [6.45, 7) is 0.632. The maximum Gasteiger partial charge on any atom is 0.290 e. The van der Waals surface area contributed by atoms with Crippen LogP contribution in [-0.4, -0.2) is 41.3 Å². The van der Waals surface area contributed by atoms with Crippen molar-refractivity contribution in [2.75, 3.05) is 19.7 Å². The van der Waals surface area contributed by atoms with Gasteiger partial charge in [0.15, 0.2) is 5.76 Å². The number of ether oxygens (including phenoxy) is 1. The first-order chi connectivity index (χ1) is 17.1.